The molecule has 0 aliphatic heterocycles. The van der Waals surface area contributed by atoms with Gasteiger partial charge in [-0.05, 0) is 31.5 Å². The summed E-state index contributed by atoms with van der Waals surface area (Å²) in [6, 6.07) is 6.32. The standard InChI is InChI=1S/C14H17N3O3/c1-3-14(2,15)9-20-12-7-6-11(17(18)19)10-5-4-8-16-13(10)12/h4-8H,3,9,15H2,1-2H3. The fourth-order valence-electron chi connectivity index (χ4n) is 1.75. The molecular formula is C14H17N3O3. The van der Waals surface area contributed by atoms with Gasteiger partial charge < -0.3 is 10.5 Å². The van der Waals surface area contributed by atoms with Crippen LogP contribution in [0.1, 0.15) is 20.3 Å². The fraction of sp³-hybridized carbons (Fsp3) is 0.357. The molecule has 2 rings (SSSR count). The van der Waals surface area contributed by atoms with Gasteiger partial charge in [0.05, 0.1) is 10.3 Å². The van der Waals surface area contributed by atoms with Crippen LogP contribution in [0.3, 0.4) is 0 Å². The van der Waals surface area contributed by atoms with Crippen LogP contribution in [0.15, 0.2) is 30.5 Å². The van der Waals surface area contributed by atoms with E-state index in [0.29, 0.717) is 23.3 Å². The Labute approximate surface area is 116 Å². The minimum atomic E-state index is -0.442. The number of nitro benzene ring substituents is 1. The molecule has 0 radical (unpaired) electrons. The molecule has 6 nitrogen and oxygen atoms in total. The first-order chi connectivity index (χ1) is 9.44. The third-order valence-electron chi connectivity index (χ3n) is 3.27. The maximum atomic E-state index is 11.0. The van der Waals surface area contributed by atoms with E-state index in [2.05, 4.69) is 4.98 Å². The van der Waals surface area contributed by atoms with Crippen LogP contribution in [-0.2, 0) is 0 Å². The number of fused-ring (bicyclic) bond motifs is 1. The molecule has 2 aromatic rings. The van der Waals surface area contributed by atoms with Gasteiger partial charge in [0.2, 0.25) is 0 Å². The maximum Gasteiger partial charge on any atom is 0.279 e. The zero-order valence-corrected chi connectivity index (χ0v) is 11.5. The molecule has 0 amide bonds. The predicted molar refractivity (Wildman–Crippen MR) is 76.8 cm³/mol. The van der Waals surface area contributed by atoms with Gasteiger partial charge in [-0.2, -0.15) is 0 Å². The van der Waals surface area contributed by atoms with Crippen molar-refractivity contribution in [3.05, 3.63) is 40.6 Å². The van der Waals surface area contributed by atoms with Gasteiger partial charge in [0.25, 0.3) is 5.69 Å². The van der Waals surface area contributed by atoms with Gasteiger partial charge in [0, 0.05) is 17.8 Å². The van der Waals surface area contributed by atoms with Crippen LogP contribution in [0.4, 0.5) is 5.69 Å². The van der Waals surface area contributed by atoms with E-state index in [0.717, 1.165) is 6.42 Å². The Kier molecular flexibility index (Phi) is 3.85. The lowest BCUT2D eigenvalue weighted by Gasteiger charge is -2.23. The number of rotatable bonds is 5. The van der Waals surface area contributed by atoms with Crippen LogP contribution < -0.4 is 10.5 Å². The number of pyridine rings is 1. The fourth-order valence-corrected chi connectivity index (χ4v) is 1.75. The molecule has 0 fully saturated rings. The SMILES string of the molecule is CCC(C)(N)COc1ccc([N+](=O)[O-])c2cccnc12. The molecule has 0 aliphatic carbocycles. The summed E-state index contributed by atoms with van der Waals surface area (Å²) in [5.74, 6) is 0.510. The average molecular weight is 275 g/mol. The number of hydrogen-bond acceptors (Lipinski definition) is 5. The minimum Gasteiger partial charge on any atom is -0.489 e. The number of nitrogens with two attached hydrogens (primary N) is 1. The van der Waals surface area contributed by atoms with Crippen molar-refractivity contribution in [1.29, 1.82) is 0 Å². The van der Waals surface area contributed by atoms with E-state index in [4.69, 9.17) is 10.5 Å². The molecule has 106 valence electrons. The van der Waals surface area contributed by atoms with Crippen molar-refractivity contribution in [2.75, 3.05) is 6.61 Å². The Morgan fingerprint density at radius 2 is 2.20 bits per heavy atom. The highest BCUT2D eigenvalue weighted by atomic mass is 16.6. The summed E-state index contributed by atoms with van der Waals surface area (Å²) in [6.07, 6.45) is 2.35. The molecule has 0 aliphatic rings. The van der Waals surface area contributed by atoms with Gasteiger partial charge in [-0.15, -0.1) is 0 Å². The van der Waals surface area contributed by atoms with E-state index in [-0.39, 0.29) is 5.69 Å². The van der Waals surface area contributed by atoms with E-state index in [1.807, 2.05) is 13.8 Å². The second kappa shape index (κ2) is 5.42. The topological polar surface area (TPSA) is 91.3 Å². The summed E-state index contributed by atoms with van der Waals surface area (Å²) in [7, 11) is 0. The van der Waals surface area contributed by atoms with Crippen LogP contribution in [0.2, 0.25) is 0 Å². The Morgan fingerprint density at radius 1 is 1.45 bits per heavy atom. The molecule has 1 atom stereocenters. The number of benzene rings is 1. The third-order valence-corrected chi connectivity index (χ3v) is 3.27. The average Bonchev–Trinajstić information content (AvgIpc) is 2.44. The zero-order valence-electron chi connectivity index (χ0n) is 11.5. The van der Waals surface area contributed by atoms with Crippen molar-refractivity contribution in [2.45, 2.75) is 25.8 Å². The number of hydrogen-bond donors (Lipinski definition) is 1. The highest BCUT2D eigenvalue weighted by Crippen LogP contribution is 2.31. The first-order valence-electron chi connectivity index (χ1n) is 6.38. The maximum absolute atomic E-state index is 11.0. The molecule has 6 heteroatoms. The Morgan fingerprint density at radius 3 is 2.85 bits per heavy atom. The Bertz CT molecular complexity index is 641. The number of non-ortho nitro benzene ring substituents is 1. The van der Waals surface area contributed by atoms with Crippen molar-refractivity contribution in [1.82, 2.24) is 4.98 Å². The Balaban J connectivity index is 2.41. The lowest BCUT2D eigenvalue weighted by Crippen LogP contribution is -2.41. The number of nitro groups is 1. The van der Waals surface area contributed by atoms with E-state index in [1.165, 1.54) is 6.07 Å². The number of aromatic nitrogens is 1. The molecule has 1 unspecified atom stereocenters. The zero-order chi connectivity index (χ0) is 14.8. The number of ether oxygens (including phenoxy) is 1. The van der Waals surface area contributed by atoms with Crippen LogP contribution in [0, 0.1) is 10.1 Å². The van der Waals surface area contributed by atoms with Gasteiger partial charge in [-0.25, -0.2) is 0 Å². The van der Waals surface area contributed by atoms with E-state index < -0.39 is 10.5 Å². The smallest absolute Gasteiger partial charge is 0.279 e. The van der Waals surface area contributed by atoms with Gasteiger partial charge in [0.1, 0.15) is 17.9 Å². The molecule has 20 heavy (non-hydrogen) atoms. The largest absolute Gasteiger partial charge is 0.489 e. The summed E-state index contributed by atoms with van der Waals surface area (Å²) in [5.41, 5.74) is 6.09. The second-order valence-corrected chi connectivity index (χ2v) is 5.04. The lowest BCUT2D eigenvalue weighted by molar-refractivity contribution is -0.383. The van der Waals surface area contributed by atoms with Crippen molar-refractivity contribution in [2.24, 2.45) is 5.73 Å². The summed E-state index contributed by atoms with van der Waals surface area (Å²) < 4.78 is 5.70. The third kappa shape index (κ3) is 2.85. The summed E-state index contributed by atoms with van der Waals surface area (Å²) in [4.78, 5) is 14.8. The lowest BCUT2D eigenvalue weighted by atomic mass is 10.0. The molecule has 0 bridgehead atoms. The molecule has 2 N–H and O–H groups in total. The van der Waals surface area contributed by atoms with Crippen molar-refractivity contribution < 1.29 is 9.66 Å². The van der Waals surface area contributed by atoms with Gasteiger partial charge in [-0.1, -0.05) is 6.92 Å². The predicted octanol–water partition coefficient (Wildman–Crippen LogP) is 2.65. The normalized spacial score (nSPS) is 13.9. The van der Waals surface area contributed by atoms with Crippen LogP contribution in [-0.4, -0.2) is 22.1 Å². The van der Waals surface area contributed by atoms with Gasteiger partial charge in [0.15, 0.2) is 0 Å². The van der Waals surface area contributed by atoms with Crippen LogP contribution in [0.25, 0.3) is 10.9 Å². The molecule has 1 aromatic carbocycles. The molecular weight excluding hydrogens is 258 g/mol. The summed E-state index contributed by atoms with van der Waals surface area (Å²) >= 11 is 0. The molecule has 0 spiro atoms. The second-order valence-electron chi connectivity index (χ2n) is 5.04. The first kappa shape index (κ1) is 14.2. The highest BCUT2D eigenvalue weighted by Gasteiger charge is 2.19. The van der Waals surface area contributed by atoms with E-state index >= 15 is 0 Å². The van der Waals surface area contributed by atoms with Crippen molar-refractivity contribution >= 4 is 16.6 Å². The van der Waals surface area contributed by atoms with E-state index in [1.54, 1.807) is 24.4 Å². The summed E-state index contributed by atoms with van der Waals surface area (Å²) in [5, 5.41) is 11.5. The highest BCUT2D eigenvalue weighted by molar-refractivity contribution is 5.92. The quantitative estimate of drug-likeness (QED) is 0.669. The van der Waals surface area contributed by atoms with Crippen LogP contribution >= 0.6 is 0 Å². The molecule has 0 saturated carbocycles. The summed E-state index contributed by atoms with van der Waals surface area (Å²) in [6.45, 7) is 4.20. The number of nitrogens with zero attached hydrogens (tertiary/aromatic N) is 2. The van der Waals surface area contributed by atoms with E-state index in [9.17, 15) is 10.1 Å². The van der Waals surface area contributed by atoms with Crippen molar-refractivity contribution in [3.8, 4) is 5.75 Å². The monoisotopic (exact) mass is 275 g/mol. The first-order valence-corrected chi connectivity index (χ1v) is 6.38. The minimum absolute atomic E-state index is 0.0199. The molecule has 1 heterocycles. The van der Waals surface area contributed by atoms with Crippen LogP contribution in [0.5, 0.6) is 5.75 Å². The molecule has 0 saturated heterocycles. The Hall–Kier alpha value is -2.21. The molecule has 1 aromatic heterocycles. The van der Waals surface area contributed by atoms with Gasteiger partial charge in [-0.3, -0.25) is 15.1 Å². The van der Waals surface area contributed by atoms with Gasteiger partial charge >= 0.3 is 0 Å². The van der Waals surface area contributed by atoms with Crippen molar-refractivity contribution in [3.63, 3.8) is 0 Å².